The van der Waals surface area contributed by atoms with E-state index in [2.05, 4.69) is 0 Å². The van der Waals surface area contributed by atoms with Crippen molar-refractivity contribution in [2.75, 3.05) is 6.54 Å². The Balaban J connectivity index is 2.10. The summed E-state index contributed by atoms with van der Waals surface area (Å²) in [4.78, 5) is 11.6. The smallest absolute Gasteiger partial charge is 0.333 e. The molecule has 0 spiro atoms. The molecule has 2 aromatic carbocycles. The van der Waals surface area contributed by atoms with Gasteiger partial charge < -0.3 is 5.11 Å². The number of carbonyl (C=O) groups is 1. The molecule has 1 aliphatic rings. The van der Waals surface area contributed by atoms with E-state index < -0.39 is 27.9 Å². The van der Waals surface area contributed by atoms with Crippen LogP contribution in [0.4, 0.5) is 4.39 Å². The van der Waals surface area contributed by atoms with Crippen LogP contribution in [0.15, 0.2) is 65.1 Å². The Hall–Kier alpha value is -2.51. The minimum atomic E-state index is -3.98. The lowest BCUT2D eigenvalue weighted by Gasteiger charge is -2.26. The number of rotatable bonds is 4. The fraction of sp³-hybridized carbons (Fsp3) is 0.167. The molecule has 130 valence electrons. The third-order valence-corrected chi connectivity index (χ3v) is 5.99. The topological polar surface area (TPSA) is 74.7 Å². The molecule has 1 unspecified atom stereocenters. The zero-order chi connectivity index (χ0) is 18.2. The number of benzene rings is 2. The number of aliphatic carboxylic acids is 1. The molecule has 1 N–H and O–H groups in total. The van der Waals surface area contributed by atoms with E-state index in [0.29, 0.717) is 0 Å². The van der Waals surface area contributed by atoms with Crippen molar-refractivity contribution in [3.05, 3.63) is 77.1 Å². The van der Waals surface area contributed by atoms with Crippen LogP contribution in [0.1, 0.15) is 17.2 Å². The van der Waals surface area contributed by atoms with Crippen LogP contribution in [0.5, 0.6) is 0 Å². The molecule has 2 aromatic rings. The lowest BCUT2D eigenvalue weighted by atomic mass is 10.0. The molecule has 0 aromatic heterocycles. The van der Waals surface area contributed by atoms with Gasteiger partial charge in [-0.15, -0.1) is 0 Å². The lowest BCUT2D eigenvalue weighted by molar-refractivity contribution is -0.133. The maximum atomic E-state index is 14.3. The number of hydrogen-bond acceptors (Lipinski definition) is 3. The molecule has 25 heavy (non-hydrogen) atoms. The summed E-state index contributed by atoms with van der Waals surface area (Å²) in [5.41, 5.74) is 0.764. The van der Waals surface area contributed by atoms with Crippen LogP contribution in [0.25, 0.3) is 0 Å². The van der Waals surface area contributed by atoms with E-state index in [1.165, 1.54) is 36.4 Å². The molecular formula is C18H16FNO4S. The van der Waals surface area contributed by atoms with E-state index in [1.54, 1.807) is 18.2 Å². The summed E-state index contributed by atoms with van der Waals surface area (Å²) in [6, 6.07) is 10.6. The first kappa shape index (κ1) is 17.3. The highest BCUT2D eigenvalue weighted by Gasteiger charge is 2.41. The number of sulfonamides is 1. The molecule has 0 aliphatic carbocycles. The number of carboxylic acid groups (broad SMARTS) is 1. The Kier molecular flexibility index (Phi) is 4.45. The van der Waals surface area contributed by atoms with Crippen LogP contribution < -0.4 is 0 Å². The first-order valence-corrected chi connectivity index (χ1v) is 9.02. The van der Waals surface area contributed by atoms with Crippen molar-refractivity contribution in [3.63, 3.8) is 0 Å². The Morgan fingerprint density at radius 3 is 2.40 bits per heavy atom. The van der Waals surface area contributed by atoms with Gasteiger partial charge in [-0.3, -0.25) is 0 Å². The second-order valence-electron chi connectivity index (χ2n) is 5.78. The molecule has 1 aliphatic heterocycles. The van der Waals surface area contributed by atoms with Crippen molar-refractivity contribution in [1.82, 2.24) is 4.31 Å². The average molecular weight is 361 g/mol. The minimum Gasteiger partial charge on any atom is -0.478 e. The Morgan fingerprint density at radius 2 is 1.80 bits per heavy atom. The summed E-state index contributed by atoms with van der Waals surface area (Å²) in [7, 11) is -3.98. The predicted molar refractivity (Wildman–Crippen MR) is 89.9 cm³/mol. The number of halogens is 1. The molecule has 5 nitrogen and oxygen atoms in total. The number of aryl methyl sites for hydroxylation is 1. The fourth-order valence-corrected chi connectivity index (χ4v) is 4.39. The van der Waals surface area contributed by atoms with E-state index >= 15 is 0 Å². The molecule has 0 radical (unpaired) electrons. The summed E-state index contributed by atoms with van der Waals surface area (Å²) < 4.78 is 41.2. The normalized spacial score (nSPS) is 18.2. The third-order valence-electron chi connectivity index (χ3n) is 4.15. The molecule has 3 rings (SSSR count). The van der Waals surface area contributed by atoms with Crippen molar-refractivity contribution in [2.24, 2.45) is 0 Å². The van der Waals surface area contributed by atoms with Crippen LogP contribution in [-0.2, 0) is 14.8 Å². The molecule has 0 amide bonds. The summed E-state index contributed by atoms with van der Waals surface area (Å²) >= 11 is 0. The third kappa shape index (κ3) is 3.08. The fourth-order valence-electron chi connectivity index (χ4n) is 2.87. The standard InChI is InChI=1S/C18H16FNO4S/c1-12-6-8-13(9-7-12)25(23,24)20-11-10-15(18(21)22)17(20)14-4-2-3-5-16(14)19/h2-10,17H,11H2,1H3,(H,21,22). The number of carboxylic acids is 1. The zero-order valence-electron chi connectivity index (χ0n) is 13.4. The monoisotopic (exact) mass is 361 g/mol. The van der Waals surface area contributed by atoms with Gasteiger partial charge in [0.25, 0.3) is 0 Å². The van der Waals surface area contributed by atoms with Crippen LogP contribution >= 0.6 is 0 Å². The Labute approximate surface area is 145 Å². The molecule has 1 atom stereocenters. The maximum absolute atomic E-state index is 14.3. The first-order chi connectivity index (χ1) is 11.8. The number of nitrogens with zero attached hydrogens (tertiary/aromatic N) is 1. The Bertz CT molecular complexity index is 951. The summed E-state index contributed by atoms with van der Waals surface area (Å²) in [5, 5.41) is 9.41. The summed E-state index contributed by atoms with van der Waals surface area (Å²) in [5.74, 6) is -1.92. The SMILES string of the molecule is Cc1ccc(S(=O)(=O)N2CC=C(C(=O)O)C2c2ccccc2F)cc1. The van der Waals surface area contributed by atoms with E-state index in [4.69, 9.17) is 0 Å². The quantitative estimate of drug-likeness (QED) is 0.909. The summed E-state index contributed by atoms with van der Waals surface area (Å²) in [6.45, 7) is 1.70. The van der Waals surface area contributed by atoms with Gasteiger partial charge in [0.15, 0.2) is 0 Å². The molecule has 7 heteroatoms. The van der Waals surface area contributed by atoms with Crippen molar-refractivity contribution in [2.45, 2.75) is 17.9 Å². The van der Waals surface area contributed by atoms with Crippen molar-refractivity contribution in [1.29, 1.82) is 0 Å². The van der Waals surface area contributed by atoms with Crippen molar-refractivity contribution < 1.29 is 22.7 Å². The lowest BCUT2D eigenvalue weighted by Crippen LogP contribution is -2.33. The molecular weight excluding hydrogens is 345 g/mol. The second kappa shape index (κ2) is 6.42. The van der Waals surface area contributed by atoms with Crippen LogP contribution in [-0.4, -0.2) is 30.3 Å². The average Bonchev–Trinajstić information content (AvgIpc) is 3.01. The highest BCUT2D eigenvalue weighted by Crippen LogP contribution is 2.38. The highest BCUT2D eigenvalue weighted by atomic mass is 32.2. The molecule has 0 fully saturated rings. The van der Waals surface area contributed by atoms with Gasteiger partial charge >= 0.3 is 5.97 Å². The van der Waals surface area contributed by atoms with Gasteiger partial charge in [0, 0.05) is 12.1 Å². The molecule has 0 saturated carbocycles. The predicted octanol–water partition coefficient (Wildman–Crippen LogP) is 2.89. The largest absolute Gasteiger partial charge is 0.478 e. The van der Waals surface area contributed by atoms with Crippen molar-refractivity contribution >= 4 is 16.0 Å². The zero-order valence-corrected chi connectivity index (χ0v) is 14.2. The van der Waals surface area contributed by atoms with E-state index in [9.17, 15) is 22.7 Å². The van der Waals surface area contributed by atoms with Gasteiger partial charge in [-0.25, -0.2) is 17.6 Å². The minimum absolute atomic E-state index is 0.0179. The summed E-state index contributed by atoms with van der Waals surface area (Å²) in [6.07, 6.45) is 1.31. The first-order valence-electron chi connectivity index (χ1n) is 7.58. The molecule has 1 heterocycles. The Morgan fingerprint density at radius 1 is 1.16 bits per heavy atom. The van der Waals surface area contributed by atoms with E-state index in [0.717, 1.165) is 9.87 Å². The van der Waals surface area contributed by atoms with Gasteiger partial charge in [0.1, 0.15) is 5.82 Å². The molecule has 0 bridgehead atoms. The maximum Gasteiger partial charge on any atom is 0.333 e. The second-order valence-corrected chi connectivity index (χ2v) is 7.67. The van der Waals surface area contributed by atoms with Gasteiger partial charge in [-0.05, 0) is 25.1 Å². The van der Waals surface area contributed by atoms with Crippen LogP contribution in [0.3, 0.4) is 0 Å². The van der Waals surface area contributed by atoms with Gasteiger partial charge in [0.05, 0.1) is 16.5 Å². The van der Waals surface area contributed by atoms with E-state index in [-0.39, 0.29) is 22.6 Å². The highest BCUT2D eigenvalue weighted by molar-refractivity contribution is 7.89. The van der Waals surface area contributed by atoms with Crippen LogP contribution in [0, 0.1) is 12.7 Å². The number of hydrogen-bond donors (Lipinski definition) is 1. The van der Waals surface area contributed by atoms with Gasteiger partial charge in [0.2, 0.25) is 10.0 Å². The van der Waals surface area contributed by atoms with E-state index in [1.807, 2.05) is 6.92 Å². The van der Waals surface area contributed by atoms with Gasteiger partial charge in [-0.2, -0.15) is 4.31 Å². The molecule has 0 saturated heterocycles. The van der Waals surface area contributed by atoms with Crippen LogP contribution in [0.2, 0.25) is 0 Å². The van der Waals surface area contributed by atoms with Crippen molar-refractivity contribution in [3.8, 4) is 0 Å². The van der Waals surface area contributed by atoms with Gasteiger partial charge in [-0.1, -0.05) is 42.0 Å².